The summed E-state index contributed by atoms with van der Waals surface area (Å²) >= 11 is 1.60. The molecule has 2 saturated heterocycles. The lowest BCUT2D eigenvalue weighted by Crippen LogP contribution is -2.47. The largest absolute Gasteiger partial charge is 0.347 e. The summed E-state index contributed by atoms with van der Waals surface area (Å²) in [5.74, 6) is 1.15. The molecule has 0 bridgehead atoms. The van der Waals surface area contributed by atoms with Crippen LogP contribution in [0.2, 0.25) is 0 Å². The van der Waals surface area contributed by atoms with E-state index in [2.05, 4.69) is 41.2 Å². The summed E-state index contributed by atoms with van der Waals surface area (Å²) in [6, 6.07) is 8.98. The Morgan fingerprint density at radius 1 is 1.35 bits per heavy atom. The predicted molar refractivity (Wildman–Crippen MR) is 81.9 cm³/mol. The van der Waals surface area contributed by atoms with Gasteiger partial charge in [-0.05, 0) is 30.1 Å². The molecule has 3 heterocycles. The van der Waals surface area contributed by atoms with Gasteiger partial charge in [-0.25, -0.2) is 0 Å². The molecule has 0 radical (unpaired) electrons. The van der Waals surface area contributed by atoms with Gasteiger partial charge in [0, 0.05) is 18.5 Å². The molecule has 0 N–H and O–H groups in total. The quantitative estimate of drug-likeness (QED) is 0.809. The number of hydrogen-bond donors (Lipinski definition) is 0. The normalized spacial score (nSPS) is 28.6. The summed E-state index contributed by atoms with van der Waals surface area (Å²) in [6.45, 7) is 4.24. The number of aromatic nitrogens is 1. The molecule has 2 aromatic rings. The van der Waals surface area contributed by atoms with Crippen molar-refractivity contribution in [2.24, 2.45) is 0 Å². The second-order valence-corrected chi connectivity index (χ2v) is 6.35. The first-order valence-electron chi connectivity index (χ1n) is 7.43. The summed E-state index contributed by atoms with van der Waals surface area (Å²) in [5, 5.41) is 3.40. The molecule has 5 heteroatoms. The molecule has 2 aliphatic heterocycles. The SMILES string of the molecule is CCCCC1C2ON2CCN1c1nsc2ccccc12. The Kier molecular flexibility index (Phi) is 3.13. The van der Waals surface area contributed by atoms with Gasteiger partial charge in [0.15, 0.2) is 12.0 Å². The van der Waals surface area contributed by atoms with Crippen molar-refractivity contribution in [2.75, 3.05) is 18.0 Å². The van der Waals surface area contributed by atoms with E-state index in [0.29, 0.717) is 6.04 Å². The summed E-state index contributed by atoms with van der Waals surface area (Å²) in [7, 11) is 0. The second kappa shape index (κ2) is 4.98. The van der Waals surface area contributed by atoms with Crippen molar-refractivity contribution in [2.45, 2.75) is 38.5 Å². The van der Waals surface area contributed by atoms with Crippen LogP contribution in [0.3, 0.4) is 0 Å². The predicted octanol–water partition coefficient (Wildman–Crippen LogP) is 3.25. The van der Waals surface area contributed by atoms with E-state index in [4.69, 9.17) is 9.21 Å². The van der Waals surface area contributed by atoms with Crippen LogP contribution in [-0.4, -0.2) is 34.8 Å². The van der Waals surface area contributed by atoms with Crippen LogP contribution < -0.4 is 4.90 Å². The van der Waals surface area contributed by atoms with Gasteiger partial charge in [-0.15, -0.1) is 0 Å². The van der Waals surface area contributed by atoms with Crippen LogP contribution in [0.15, 0.2) is 24.3 Å². The zero-order valence-electron chi connectivity index (χ0n) is 11.7. The van der Waals surface area contributed by atoms with Gasteiger partial charge in [0.1, 0.15) is 0 Å². The van der Waals surface area contributed by atoms with E-state index in [9.17, 15) is 0 Å². The molecule has 106 valence electrons. The van der Waals surface area contributed by atoms with E-state index in [1.54, 1.807) is 11.5 Å². The third kappa shape index (κ3) is 2.01. The molecule has 4 nitrogen and oxygen atoms in total. The fraction of sp³-hybridized carbons (Fsp3) is 0.533. The topological polar surface area (TPSA) is 31.7 Å². The third-order valence-electron chi connectivity index (χ3n) is 4.26. The van der Waals surface area contributed by atoms with E-state index in [1.165, 1.54) is 29.3 Å². The maximum atomic E-state index is 5.70. The summed E-state index contributed by atoms with van der Waals surface area (Å²) in [4.78, 5) is 8.17. The molecule has 1 aromatic carbocycles. The molecule has 3 unspecified atom stereocenters. The molecule has 3 atom stereocenters. The zero-order chi connectivity index (χ0) is 13.5. The molecule has 0 spiro atoms. The van der Waals surface area contributed by atoms with Crippen molar-refractivity contribution in [3.8, 4) is 0 Å². The highest BCUT2D eigenvalue weighted by atomic mass is 32.1. The number of piperazine rings is 1. The third-order valence-corrected chi connectivity index (χ3v) is 5.07. The van der Waals surface area contributed by atoms with Crippen LogP contribution in [-0.2, 0) is 4.84 Å². The van der Waals surface area contributed by atoms with Crippen molar-refractivity contribution in [1.82, 2.24) is 9.44 Å². The van der Waals surface area contributed by atoms with Crippen LogP contribution in [0.5, 0.6) is 0 Å². The lowest BCUT2D eigenvalue weighted by Gasteiger charge is -2.33. The average Bonchev–Trinajstić information content (AvgIpc) is 3.16. The zero-order valence-corrected chi connectivity index (χ0v) is 12.5. The van der Waals surface area contributed by atoms with Crippen LogP contribution in [0.4, 0.5) is 5.82 Å². The molecular weight excluding hydrogens is 270 g/mol. The highest BCUT2D eigenvalue weighted by Gasteiger charge is 2.49. The Morgan fingerprint density at radius 3 is 3.15 bits per heavy atom. The number of rotatable bonds is 4. The minimum atomic E-state index is 0.288. The molecule has 0 saturated carbocycles. The maximum absolute atomic E-state index is 5.70. The van der Waals surface area contributed by atoms with Crippen molar-refractivity contribution in [3.05, 3.63) is 24.3 Å². The standard InChI is InChI=1S/C15H19N3OS/c1-2-3-7-12-15-18(19-15)10-9-17(12)14-11-6-4-5-8-13(11)20-16-14/h4-6,8,12,15H,2-3,7,9-10H2,1H3. The fourth-order valence-electron chi connectivity index (χ4n) is 3.13. The van der Waals surface area contributed by atoms with Gasteiger partial charge in [-0.2, -0.15) is 9.44 Å². The van der Waals surface area contributed by atoms with E-state index in [1.807, 2.05) is 0 Å². The Labute approximate surface area is 123 Å². The fourth-order valence-corrected chi connectivity index (χ4v) is 3.92. The van der Waals surface area contributed by atoms with Gasteiger partial charge in [0.05, 0.1) is 10.7 Å². The lowest BCUT2D eigenvalue weighted by molar-refractivity contribution is 0.206. The Bertz CT molecular complexity index is 614. The van der Waals surface area contributed by atoms with Gasteiger partial charge in [-0.3, -0.25) is 4.84 Å². The molecule has 4 rings (SSSR count). The van der Waals surface area contributed by atoms with Gasteiger partial charge in [0.2, 0.25) is 0 Å². The molecule has 0 amide bonds. The first-order chi connectivity index (χ1) is 9.88. The number of unbranched alkanes of at least 4 members (excludes halogenated alkanes) is 1. The lowest BCUT2D eigenvalue weighted by atomic mass is 10.0. The van der Waals surface area contributed by atoms with E-state index < -0.39 is 0 Å². The van der Waals surface area contributed by atoms with Gasteiger partial charge in [-0.1, -0.05) is 31.9 Å². The first kappa shape index (κ1) is 12.6. The van der Waals surface area contributed by atoms with Crippen LogP contribution >= 0.6 is 11.5 Å². The molecule has 2 fully saturated rings. The number of fused-ring (bicyclic) bond motifs is 2. The summed E-state index contributed by atoms with van der Waals surface area (Å²) in [6.07, 6.45) is 3.95. The molecule has 20 heavy (non-hydrogen) atoms. The van der Waals surface area contributed by atoms with E-state index >= 15 is 0 Å². The molecular formula is C15H19N3OS. The highest BCUT2D eigenvalue weighted by Crippen LogP contribution is 2.39. The van der Waals surface area contributed by atoms with Crippen LogP contribution in [0.25, 0.3) is 10.1 Å². The average molecular weight is 289 g/mol. The maximum Gasteiger partial charge on any atom is 0.174 e. The monoisotopic (exact) mass is 289 g/mol. The second-order valence-electron chi connectivity index (χ2n) is 5.54. The van der Waals surface area contributed by atoms with E-state index in [-0.39, 0.29) is 6.23 Å². The number of hydrogen-bond acceptors (Lipinski definition) is 5. The summed E-state index contributed by atoms with van der Waals surface area (Å²) < 4.78 is 6.00. The van der Waals surface area contributed by atoms with Gasteiger partial charge in [0.25, 0.3) is 0 Å². The van der Waals surface area contributed by atoms with Crippen molar-refractivity contribution in [1.29, 1.82) is 0 Å². The molecule has 0 aliphatic carbocycles. The van der Waals surface area contributed by atoms with E-state index in [0.717, 1.165) is 18.9 Å². The number of benzene rings is 1. The van der Waals surface area contributed by atoms with Gasteiger partial charge < -0.3 is 4.90 Å². The van der Waals surface area contributed by atoms with Crippen molar-refractivity contribution < 1.29 is 4.84 Å². The van der Waals surface area contributed by atoms with Crippen molar-refractivity contribution in [3.63, 3.8) is 0 Å². The Hall–Kier alpha value is -1.17. The molecule has 1 aromatic heterocycles. The smallest absolute Gasteiger partial charge is 0.174 e. The molecule has 2 aliphatic rings. The van der Waals surface area contributed by atoms with Crippen LogP contribution in [0, 0.1) is 0 Å². The van der Waals surface area contributed by atoms with Gasteiger partial charge >= 0.3 is 0 Å². The number of nitrogens with zero attached hydrogens (tertiary/aromatic N) is 3. The first-order valence-corrected chi connectivity index (χ1v) is 8.20. The van der Waals surface area contributed by atoms with Crippen LogP contribution in [0.1, 0.15) is 26.2 Å². The summed E-state index contributed by atoms with van der Waals surface area (Å²) in [5.41, 5.74) is 0. The number of hydroxylamine groups is 2. The highest BCUT2D eigenvalue weighted by molar-refractivity contribution is 7.13. The Morgan fingerprint density at radius 2 is 2.25 bits per heavy atom. The van der Waals surface area contributed by atoms with Crippen molar-refractivity contribution >= 4 is 27.4 Å². The minimum absolute atomic E-state index is 0.288. The minimum Gasteiger partial charge on any atom is -0.347 e. The Balaban J connectivity index is 1.67. The number of anilines is 1.